The van der Waals surface area contributed by atoms with Crippen LogP contribution in [0.5, 0.6) is 11.5 Å². The smallest absolute Gasteiger partial charge is 0.167 e. The summed E-state index contributed by atoms with van der Waals surface area (Å²) < 4.78 is 11.4. The molecule has 0 bridgehead atoms. The molecule has 3 nitrogen and oxygen atoms in total. The van der Waals surface area contributed by atoms with Gasteiger partial charge in [-0.2, -0.15) is 0 Å². The fourth-order valence-corrected chi connectivity index (χ4v) is 2.07. The fourth-order valence-electron chi connectivity index (χ4n) is 2.07. The lowest BCUT2D eigenvalue weighted by molar-refractivity contribution is 0.00882. The van der Waals surface area contributed by atoms with E-state index in [9.17, 15) is 5.11 Å². The maximum atomic E-state index is 10.1. The molecule has 0 fully saturated rings. The topological polar surface area (TPSA) is 38.7 Å². The largest absolute Gasteiger partial charge is 0.490 e. The van der Waals surface area contributed by atoms with Gasteiger partial charge in [0, 0.05) is 12.0 Å². The molecule has 0 radical (unpaired) electrons. The molecule has 3 heteroatoms. The summed E-state index contributed by atoms with van der Waals surface area (Å²) in [7, 11) is 0. The van der Waals surface area contributed by atoms with Gasteiger partial charge in [-0.15, -0.1) is 0 Å². The summed E-state index contributed by atoms with van der Waals surface area (Å²) in [6.45, 7) is 6.48. The number of ether oxygens (including phenoxy) is 2. The minimum atomic E-state index is -0.473. The van der Waals surface area contributed by atoms with Crippen LogP contribution in [0, 0.1) is 0 Å². The van der Waals surface area contributed by atoms with E-state index in [-0.39, 0.29) is 5.60 Å². The first-order chi connectivity index (χ1) is 7.53. The fraction of sp³-hybridized carbons (Fsp3) is 0.538. The zero-order chi connectivity index (χ0) is 11.8. The Morgan fingerprint density at radius 1 is 1.50 bits per heavy atom. The van der Waals surface area contributed by atoms with Crippen molar-refractivity contribution >= 4 is 0 Å². The van der Waals surface area contributed by atoms with Crippen molar-refractivity contribution < 1.29 is 14.6 Å². The van der Waals surface area contributed by atoms with Crippen molar-refractivity contribution in [1.82, 2.24) is 0 Å². The highest BCUT2D eigenvalue weighted by atomic mass is 16.5. The van der Waals surface area contributed by atoms with Crippen molar-refractivity contribution in [3.05, 3.63) is 23.8 Å². The van der Waals surface area contributed by atoms with E-state index in [4.69, 9.17) is 9.47 Å². The molecule has 1 aromatic carbocycles. The normalized spacial score (nSPS) is 22.1. The van der Waals surface area contributed by atoms with E-state index in [2.05, 4.69) is 0 Å². The standard InChI is InChI=1S/C13H18O3/c1-4-15-11-7-5-6-9-10(14)8-13(2,3)16-12(9)11/h5-7,10,14H,4,8H2,1-3H3. The number of fused-ring (bicyclic) bond motifs is 1. The first kappa shape index (κ1) is 11.3. The van der Waals surface area contributed by atoms with Gasteiger partial charge in [-0.1, -0.05) is 12.1 Å². The van der Waals surface area contributed by atoms with Crippen molar-refractivity contribution in [2.75, 3.05) is 6.61 Å². The molecule has 0 saturated heterocycles. The maximum Gasteiger partial charge on any atom is 0.167 e. The van der Waals surface area contributed by atoms with Gasteiger partial charge in [0.15, 0.2) is 11.5 Å². The highest BCUT2D eigenvalue weighted by Crippen LogP contribution is 2.44. The van der Waals surface area contributed by atoms with Crippen LogP contribution >= 0.6 is 0 Å². The molecule has 1 aliphatic heterocycles. The SMILES string of the molecule is CCOc1cccc2c1OC(C)(C)CC2O. The van der Waals surface area contributed by atoms with Gasteiger partial charge in [0.1, 0.15) is 5.60 Å². The Morgan fingerprint density at radius 3 is 2.94 bits per heavy atom. The molecule has 2 rings (SSSR count). The van der Waals surface area contributed by atoms with Crippen LogP contribution in [0.3, 0.4) is 0 Å². The minimum Gasteiger partial charge on any atom is -0.490 e. The number of rotatable bonds is 2. The molecule has 1 atom stereocenters. The van der Waals surface area contributed by atoms with Gasteiger partial charge in [0.25, 0.3) is 0 Å². The van der Waals surface area contributed by atoms with Crippen LogP contribution in [0.25, 0.3) is 0 Å². The molecule has 1 N–H and O–H groups in total. The maximum absolute atomic E-state index is 10.1. The molecule has 0 aromatic heterocycles. The molecule has 88 valence electrons. The van der Waals surface area contributed by atoms with Gasteiger partial charge in [0.05, 0.1) is 12.7 Å². The van der Waals surface area contributed by atoms with Crippen LogP contribution < -0.4 is 9.47 Å². The lowest BCUT2D eigenvalue weighted by Gasteiger charge is -2.36. The first-order valence-electron chi connectivity index (χ1n) is 5.66. The molecule has 1 unspecified atom stereocenters. The molecule has 0 saturated carbocycles. The van der Waals surface area contributed by atoms with Gasteiger partial charge >= 0.3 is 0 Å². The van der Waals surface area contributed by atoms with Crippen molar-refractivity contribution in [2.24, 2.45) is 0 Å². The summed E-state index contributed by atoms with van der Waals surface area (Å²) in [5.41, 5.74) is 0.477. The number of para-hydroxylation sites is 1. The van der Waals surface area contributed by atoms with E-state index >= 15 is 0 Å². The predicted molar refractivity (Wildman–Crippen MR) is 61.9 cm³/mol. The van der Waals surface area contributed by atoms with Crippen LogP contribution in [0.4, 0.5) is 0 Å². The molecular formula is C13H18O3. The molecule has 1 aliphatic rings. The summed E-state index contributed by atoms with van der Waals surface area (Å²) in [5.74, 6) is 1.40. The monoisotopic (exact) mass is 222 g/mol. The predicted octanol–water partition coefficient (Wildman–Crippen LogP) is 2.68. The quantitative estimate of drug-likeness (QED) is 0.836. The second-order valence-electron chi connectivity index (χ2n) is 4.69. The molecule has 16 heavy (non-hydrogen) atoms. The van der Waals surface area contributed by atoms with E-state index in [1.54, 1.807) is 0 Å². The summed E-state index contributed by atoms with van der Waals surface area (Å²) in [6.07, 6.45) is 0.134. The van der Waals surface area contributed by atoms with E-state index in [0.717, 1.165) is 5.56 Å². The number of aliphatic hydroxyl groups excluding tert-OH is 1. The average Bonchev–Trinajstić information content (AvgIpc) is 2.18. The Bertz CT molecular complexity index is 385. The Hall–Kier alpha value is -1.22. The molecule has 0 aliphatic carbocycles. The van der Waals surface area contributed by atoms with Crippen molar-refractivity contribution in [1.29, 1.82) is 0 Å². The minimum absolute atomic E-state index is 0.348. The Kier molecular flexibility index (Phi) is 2.80. The third kappa shape index (κ3) is 2.00. The molecule has 0 amide bonds. The van der Waals surface area contributed by atoms with Crippen LogP contribution in [0.1, 0.15) is 38.9 Å². The summed E-state index contributed by atoms with van der Waals surface area (Å²) in [5, 5.41) is 10.1. The number of benzene rings is 1. The van der Waals surface area contributed by atoms with Crippen LogP contribution in [0.2, 0.25) is 0 Å². The number of hydrogen-bond donors (Lipinski definition) is 1. The third-order valence-corrected chi connectivity index (χ3v) is 2.73. The van der Waals surface area contributed by atoms with Gasteiger partial charge in [-0.25, -0.2) is 0 Å². The summed E-state index contributed by atoms with van der Waals surface area (Å²) in [6, 6.07) is 5.64. The van der Waals surface area contributed by atoms with Crippen LogP contribution in [0.15, 0.2) is 18.2 Å². The van der Waals surface area contributed by atoms with Crippen LogP contribution in [-0.4, -0.2) is 17.3 Å². The van der Waals surface area contributed by atoms with Crippen LogP contribution in [-0.2, 0) is 0 Å². The lowest BCUT2D eigenvalue weighted by atomic mass is 9.91. The van der Waals surface area contributed by atoms with Crippen molar-refractivity contribution in [3.63, 3.8) is 0 Å². The Morgan fingerprint density at radius 2 is 2.25 bits per heavy atom. The van der Waals surface area contributed by atoms with Gasteiger partial charge in [0.2, 0.25) is 0 Å². The van der Waals surface area contributed by atoms with Crippen molar-refractivity contribution in [2.45, 2.75) is 38.9 Å². The van der Waals surface area contributed by atoms with Gasteiger partial charge in [-0.3, -0.25) is 0 Å². The molecule has 1 heterocycles. The van der Waals surface area contributed by atoms with E-state index in [1.165, 1.54) is 0 Å². The Balaban J connectivity index is 2.44. The molecular weight excluding hydrogens is 204 g/mol. The molecule has 0 spiro atoms. The van der Waals surface area contributed by atoms with Crippen molar-refractivity contribution in [3.8, 4) is 11.5 Å². The molecule has 1 aromatic rings. The van der Waals surface area contributed by atoms with E-state index < -0.39 is 6.10 Å². The summed E-state index contributed by atoms with van der Waals surface area (Å²) >= 11 is 0. The average molecular weight is 222 g/mol. The number of hydrogen-bond acceptors (Lipinski definition) is 3. The highest BCUT2D eigenvalue weighted by molar-refractivity contribution is 5.49. The summed E-state index contributed by atoms with van der Waals surface area (Å²) in [4.78, 5) is 0. The highest BCUT2D eigenvalue weighted by Gasteiger charge is 2.34. The van der Waals surface area contributed by atoms with Gasteiger partial charge in [-0.05, 0) is 26.8 Å². The van der Waals surface area contributed by atoms with E-state index in [1.807, 2.05) is 39.0 Å². The lowest BCUT2D eigenvalue weighted by Crippen LogP contribution is -2.35. The first-order valence-corrected chi connectivity index (χ1v) is 5.66. The third-order valence-electron chi connectivity index (χ3n) is 2.73. The Labute approximate surface area is 96.0 Å². The zero-order valence-corrected chi connectivity index (χ0v) is 9.99. The number of aliphatic hydroxyl groups is 1. The second-order valence-corrected chi connectivity index (χ2v) is 4.69. The zero-order valence-electron chi connectivity index (χ0n) is 9.99. The van der Waals surface area contributed by atoms with E-state index in [0.29, 0.717) is 24.5 Å². The second kappa shape index (κ2) is 3.98. The van der Waals surface area contributed by atoms with Gasteiger partial charge < -0.3 is 14.6 Å².